The Labute approximate surface area is 70.6 Å². The maximum absolute atomic E-state index is 3.43. The Morgan fingerprint density at radius 3 is 3.27 bits per heavy atom. The summed E-state index contributed by atoms with van der Waals surface area (Å²) in [5.74, 6) is 0. The van der Waals surface area contributed by atoms with Gasteiger partial charge < -0.3 is 5.32 Å². The maximum Gasteiger partial charge on any atom is 0.0894 e. The van der Waals surface area contributed by atoms with Gasteiger partial charge in [0.05, 0.1) is 11.2 Å². The smallest absolute Gasteiger partial charge is 0.0894 e. The molecule has 1 saturated heterocycles. The number of anilines is 1. The van der Waals surface area contributed by atoms with Crippen LogP contribution in [0.2, 0.25) is 0 Å². The van der Waals surface area contributed by atoms with Crippen LogP contribution in [0, 0.1) is 0 Å². The zero-order chi connectivity index (χ0) is 7.52. The van der Waals surface area contributed by atoms with E-state index in [9.17, 15) is 0 Å². The Morgan fingerprint density at radius 2 is 2.64 bits per heavy atom. The standard InChI is InChI=1S/C8H12N2S/c1-3-7(9-5-1)10-8-4-2-6-11-8/h2,4,6-7,9-10H,1,3,5H2. The third kappa shape index (κ3) is 1.73. The average molecular weight is 168 g/mol. The van der Waals surface area contributed by atoms with E-state index in [1.54, 1.807) is 11.3 Å². The van der Waals surface area contributed by atoms with Crippen LogP contribution in [-0.4, -0.2) is 12.7 Å². The maximum atomic E-state index is 3.43. The van der Waals surface area contributed by atoms with Crippen molar-refractivity contribution >= 4 is 16.3 Å². The Bertz CT molecular complexity index is 202. The van der Waals surface area contributed by atoms with Crippen molar-refractivity contribution in [1.29, 1.82) is 0 Å². The van der Waals surface area contributed by atoms with Crippen LogP contribution in [0.5, 0.6) is 0 Å². The normalized spacial score (nSPS) is 23.8. The highest BCUT2D eigenvalue weighted by molar-refractivity contribution is 7.14. The van der Waals surface area contributed by atoms with E-state index in [1.807, 2.05) is 0 Å². The van der Waals surface area contributed by atoms with E-state index in [0.29, 0.717) is 6.17 Å². The molecule has 1 fully saturated rings. The van der Waals surface area contributed by atoms with Crippen molar-refractivity contribution in [2.45, 2.75) is 19.0 Å². The molecule has 1 aliphatic heterocycles. The molecule has 1 aromatic rings. The van der Waals surface area contributed by atoms with Gasteiger partial charge in [-0.2, -0.15) is 0 Å². The molecule has 1 aliphatic rings. The Hall–Kier alpha value is -0.540. The predicted octanol–water partition coefficient (Wildman–Crippen LogP) is 1.87. The minimum atomic E-state index is 0.508. The topological polar surface area (TPSA) is 24.1 Å². The molecule has 1 atom stereocenters. The molecule has 1 aromatic heterocycles. The lowest BCUT2D eigenvalue weighted by molar-refractivity contribution is 0.681. The van der Waals surface area contributed by atoms with E-state index in [1.165, 1.54) is 17.8 Å². The van der Waals surface area contributed by atoms with Gasteiger partial charge in [-0.3, -0.25) is 5.32 Å². The van der Waals surface area contributed by atoms with Gasteiger partial charge in [-0.05, 0) is 36.9 Å². The van der Waals surface area contributed by atoms with Gasteiger partial charge in [0.1, 0.15) is 0 Å². The van der Waals surface area contributed by atoms with Crippen LogP contribution in [0.25, 0.3) is 0 Å². The van der Waals surface area contributed by atoms with Crippen molar-refractivity contribution in [2.75, 3.05) is 11.9 Å². The Morgan fingerprint density at radius 1 is 1.64 bits per heavy atom. The van der Waals surface area contributed by atoms with Crippen LogP contribution in [0.15, 0.2) is 17.5 Å². The quantitative estimate of drug-likeness (QED) is 0.704. The molecular formula is C8H12N2S. The SMILES string of the molecule is c1csc(NC2CCCN2)c1. The summed E-state index contributed by atoms with van der Waals surface area (Å²) < 4.78 is 0. The lowest BCUT2D eigenvalue weighted by atomic mass is 10.3. The molecule has 1 unspecified atom stereocenters. The van der Waals surface area contributed by atoms with Gasteiger partial charge in [-0.15, -0.1) is 11.3 Å². The first kappa shape index (κ1) is 7.13. The molecule has 0 saturated carbocycles. The second-order valence-electron chi connectivity index (χ2n) is 2.77. The van der Waals surface area contributed by atoms with E-state index in [4.69, 9.17) is 0 Å². The number of thiophene rings is 1. The molecular weight excluding hydrogens is 156 g/mol. The number of rotatable bonds is 2. The van der Waals surface area contributed by atoms with Crippen LogP contribution in [-0.2, 0) is 0 Å². The summed E-state index contributed by atoms with van der Waals surface area (Å²) in [5.41, 5.74) is 0. The van der Waals surface area contributed by atoms with Crippen molar-refractivity contribution in [2.24, 2.45) is 0 Å². The summed E-state index contributed by atoms with van der Waals surface area (Å²) in [4.78, 5) is 0. The van der Waals surface area contributed by atoms with Gasteiger partial charge >= 0.3 is 0 Å². The first-order valence-electron chi connectivity index (χ1n) is 3.98. The number of hydrogen-bond acceptors (Lipinski definition) is 3. The largest absolute Gasteiger partial charge is 0.362 e. The third-order valence-corrected chi connectivity index (χ3v) is 2.70. The van der Waals surface area contributed by atoms with Gasteiger partial charge in [-0.25, -0.2) is 0 Å². The lowest BCUT2D eigenvalue weighted by Gasteiger charge is -2.11. The minimum absolute atomic E-state index is 0.508. The molecule has 0 radical (unpaired) electrons. The van der Waals surface area contributed by atoms with E-state index < -0.39 is 0 Å². The van der Waals surface area contributed by atoms with E-state index in [-0.39, 0.29) is 0 Å². The van der Waals surface area contributed by atoms with Crippen molar-refractivity contribution < 1.29 is 0 Å². The van der Waals surface area contributed by atoms with Crippen LogP contribution < -0.4 is 10.6 Å². The fraction of sp³-hybridized carbons (Fsp3) is 0.500. The van der Waals surface area contributed by atoms with E-state index >= 15 is 0 Å². The van der Waals surface area contributed by atoms with Crippen LogP contribution in [0.4, 0.5) is 5.00 Å². The third-order valence-electron chi connectivity index (χ3n) is 1.90. The highest BCUT2D eigenvalue weighted by Gasteiger charge is 2.12. The van der Waals surface area contributed by atoms with Crippen molar-refractivity contribution in [3.63, 3.8) is 0 Å². The number of nitrogens with one attached hydrogen (secondary N) is 2. The minimum Gasteiger partial charge on any atom is -0.362 e. The lowest BCUT2D eigenvalue weighted by Crippen LogP contribution is -2.29. The summed E-state index contributed by atoms with van der Waals surface area (Å²) in [6.07, 6.45) is 3.05. The molecule has 2 heterocycles. The fourth-order valence-corrected chi connectivity index (χ4v) is 2.01. The Balaban J connectivity index is 1.90. The molecule has 0 spiro atoms. The molecule has 2 rings (SSSR count). The van der Waals surface area contributed by atoms with Crippen LogP contribution in [0.3, 0.4) is 0 Å². The van der Waals surface area contributed by atoms with E-state index in [0.717, 1.165) is 6.54 Å². The van der Waals surface area contributed by atoms with Gasteiger partial charge in [0, 0.05) is 0 Å². The summed E-state index contributed by atoms with van der Waals surface area (Å²) in [6, 6.07) is 4.19. The molecule has 11 heavy (non-hydrogen) atoms. The van der Waals surface area contributed by atoms with Gasteiger partial charge in [0.2, 0.25) is 0 Å². The summed E-state index contributed by atoms with van der Waals surface area (Å²) in [6.45, 7) is 1.16. The van der Waals surface area contributed by atoms with Crippen LogP contribution >= 0.6 is 11.3 Å². The summed E-state index contributed by atoms with van der Waals surface area (Å²) >= 11 is 1.76. The average Bonchev–Trinajstić information content (AvgIpc) is 2.60. The van der Waals surface area contributed by atoms with Crippen molar-refractivity contribution in [3.8, 4) is 0 Å². The molecule has 0 aliphatic carbocycles. The second-order valence-corrected chi connectivity index (χ2v) is 3.72. The zero-order valence-corrected chi connectivity index (χ0v) is 7.16. The van der Waals surface area contributed by atoms with Crippen molar-refractivity contribution in [3.05, 3.63) is 17.5 Å². The molecule has 2 N–H and O–H groups in total. The van der Waals surface area contributed by atoms with E-state index in [2.05, 4.69) is 28.1 Å². The monoisotopic (exact) mass is 168 g/mol. The first-order valence-corrected chi connectivity index (χ1v) is 4.86. The fourth-order valence-electron chi connectivity index (χ4n) is 1.34. The number of hydrogen-bond donors (Lipinski definition) is 2. The molecule has 60 valence electrons. The Kier molecular flexibility index (Phi) is 2.10. The highest BCUT2D eigenvalue weighted by atomic mass is 32.1. The predicted molar refractivity (Wildman–Crippen MR) is 49.0 cm³/mol. The second kappa shape index (κ2) is 3.24. The molecule has 0 aromatic carbocycles. The highest BCUT2D eigenvalue weighted by Crippen LogP contribution is 2.17. The first-order chi connectivity index (χ1) is 5.45. The molecule has 0 bridgehead atoms. The summed E-state index contributed by atoms with van der Waals surface area (Å²) in [5, 5.41) is 10.2. The van der Waals surface area contributed by atoms with Crippen molar-refractivity contribution in [1.82, 2.24) is 5.32 Å². The molecule has 2 nitrogen and oxygen atoms in total. The summed E-state index contributed by atoms with van der Waals surface area (Å²) in [7, 11) is 0. The van der Waals surface area contributed by atoms with Crippen LogP contribution in [0.1, 0.15) is 12.8 Å². The molecule has 0 amide bonds. The van der Waals surface area contributed by atoms with Gasteiger partial charge in [0.25, 0.3) is 0 Å². The zero-order valence-electron chi connectivity index (χ0n) is 6.34. The molecule has 3 heteroatoms. The van der Waals surface area contributed by atoms with Gasteiger partial charge in [0.15, 0.2) is 0 Å². The van der Waals surface area contributed by atoms with Gasteiger partial charge in [-0.1, -0.05) is 0 Å².